The normalized spacial score (nSPS) is 12.6. The number of benzene rings is 1. The van der Waals surface area contributed by atoms with Gasteiger partial charge in [-0.15, -0.1) is 0 Å². The van der Waals surface area contributed by atoms with Gasteiger partial charge in [-0.1, -0.05) is 18.2 Å². The Kier molecular flexibility index (Phi) is 3.49. The zero-order valence-electron chi connectivity index (χ0n) is 9.89. The Hall–Kier alpha value is -1.75. The number of halogens is 1. The second-order valence-corrected chi connectivity index (χ2v) is 3.92. The maximum absolute atomic E-state index is 13.5. The molecule has 0 amide bonds. The predicted molar refractivity (Wildman–Crippen MR) is 62.7 cm³/mol. The largest absolute Gasteiger partial charge is 0.303 e. The monoisotopic (exact) mass is 234 g/mol. The molecule has 0 unspecified atom stereocenters. The summed E-state index contributed by atoms with van der Waals surface area (Å²) in [6.07, 6.45) is 1.50. The Labute approximate surface area is 99.5 Å². The Morgan fingerprint density at radius 3 is 2.82 bits per heavy atom. The van der Waals surface area contributed by atoms with Gasteiger partial charge >= 0.3 is 0 Å². The first-order chi connectivity index (χ1) is 8.18. The van der Waals surface area contributed by atoms with Gasteiger partial charge in [0.25, 0.3) is 0 Å². The highest BCUT2D eigenvalue weighted by atomic mass is 19.1. The molecule has 1 N–H and O–H groups in total. The molecule has 1 heterocycles. The Balaban J connectivity index is 2.01. The van der Waals surface area contributed by atoms with Crippen LogP contribution in [0.25, 0.3) is 0 Å². The van der Waals surface area contributed by atoms with E-state index in [-0.39, 0.29) is 11.9 Å². The van der Waals surface area contributed by atoms with Crippen LogP contribution < -0.4 is 5.32 Å². The van der Waals surface area contributed by atoms with Gasteiger partial charge in [0.2, 0.25) is 0 Å². The number of aromatic nitrogens is 3. The number of nitrogens with zero attached hydrogens (tertiary/aromatic N) is 3. The molecular formula is C12H15FN4. The van der Waals surface area contributed by atoms with E-state index < -0.39 is 0 Å². The second kappa shape index (κ2) is 5.05. The number of hydrogen-bond acceptors (Lipinski definition) is 3. The van der Waals surface area contributed by atoms with Crippen LogP contribution in [-0.4, -0.2) is 14.8 Å². The lowest BCUT2D eigenvalue weighted by molar-refractivity contribution is 0.510. The summed E-state index contributed by atoms with van der Waals surface area (Å²) in [4.78, 5) is 4.10. The SMILES string of the molecule is C[C@@H](NCc1ncnn1C)c1ccccc1F. The second-order valence-electron chi connectivity index (χ2n) is 3.92. The number of hydrogen-bond donors (Lipinski definition) is 1. The van der Waals surface area contributed by atoms with Crippen LogP contribution in [0.2, 0.25) is 0 Å². The van der Waals surface area contributed by atoms with Crippen molar-refractivity contribution in [3.8, 4) is 0 Å². The van der Waals surface area contributed by atoms with Crippen LogP contribution in [0.3, 0.4) is 0 Å². The van der Waals surface area contributed by atoms with Gasteiger partial charge in [-0.3, -0.25) is 4.68 Å². The summed E-state index contributed by atoms with van der Waals surface area (Å²) in [6.45, 7) is 2.49. The zero-order valence-corrected chi connectivity index (χ0v) is 9.89. The minimum absolute atomic E-state index is 0.0621. The molecule has 0 spiro atoms. The Bertz CT molecular complexity index is 495. The molecule has 90 valence electrons. The van der Waals surface area contributed by atoms with Crippen molar-refractivity contribution >= 4 is 0 Å². The van der Waals surface area contributed by atoms with E-state index in [1.54, 1.807) is 16.8 Å². The van der Waals surface area contributed by atoms with Crippen LogP contribution >= 0.6 is 0 Å². The summed E-state index contributed by atoms with van der Waals surface area (Å²) in [6, 6.07) is 6.71. The van der Waals surface area contributed by atoms with E-state index in [0.29, 0.717) is 12.1 Å². The molecule has 2 aromatic rings. The summed E-state index contributed by atoms with van der Waals surface area (Å²) in [5, 5.41) is 7.20. The number of nitrogens with one attached hydrogen (secondary N) is 1. The quantitative estimate of drug-likeness (QED) is 0.877. The molecule has 0 bridgehead atoms. The van der Waals surface area contributed by atoms with Crippen LogP contribution in [-0.2, 0) is 13.6 Å². The van der Waals surface area contributed by atoms with Crippen molar-refractivity contribution in [2.45, 2.75) is 19.5 Å². The van der Waals surface area contributed by atoms with Gasteiger partial charge in [0.1, 0.15) is 18.0 Å². The van der Waals surface area contributed by atoms with Crippen molar-refractivity contribution in [2.24, 2.45) is 7.05 Å². The summed E-state index contributed by atoms with van der Waals surface area (Å²) in [5.41, 5.74) is 0.662. The van der Waals surface area contributed by atoms with E-state index in [4.69, 9.17) is 0 Å². The standard InChI is InChI=1S/C12H15FN4/c1-9(10-5-3-4-6-11(10)13)14-7-12-15-8-16-17(12)2/h3-6,8-9,14H,7H2,1-2H3/t9-/m1/s1. The number of rotatable bonds is 4. The third-order valence-corrected chi connectivity index (χ3v) is 2.74. The van der Waals surface area contributed by atoms with Crippen LogP contribution in [0.1, 0.15) is 24.4 Å². The molecule has 1 atom stereocenters. The highest BCUT2D eigenvalue weighted by Crippen LogP contribution is 2.16. The molecule has 17 heavy (non-hydrogen) atoms. The van der Waals surface area contributed by atoms with E-state index in [9.17, 15) is 4.39 Å². The average molecular weight is 234 g/mol. The fourth-order valence-corrected chi connectivity index (χ4v) is 1.66. The van der Waals surface area contributed by atoms with E-state index >= 15 is 0 Å². The highest BCUT2D eigenvalue weighted by Gasteiger charge is 2.10. The topological polar surface area (TPSA) is 42.7 Å². The first-order valence-electron chi connectivity index (χ1n) is 5.49. The highest BCUT2D eigenvalue weighted by molar-refractivity contribution is 5.20. The van der Waals surface area contributed by atoms with Gasteiger partial charge in [0.05, 0.1) is 6.54 Å². The molecule has 0 aliphatic carbocycles. The minimum atomic E-state index is -0.189. The summed E-state index contributed by atoms with van der Waals surface area (Å²) in [5.74, 6) is 0.638. The first kappa shape index (κ1) is 11.7. The third kappa shape index (κ3) is 2.68. The molecule has 0 fully saturated rings. The van der Waals surface area contributed by atoms with Gasteiger partial charge < -0.3 is 5.32 Å². The fourth-order valence-electron chi connectivity index (χ4n) is 1.66. The van der Waals surface area contributed by atoms with Crippen LogP contribution in [0.5, 0.6) is 0 Å². The lowest BCUT2D eigenvalue weighted by Crippen LogP contribution is -2.21. The average Bonchev–Trinajstić information content (AvgIpc) is 2.72. The van der Waals surface area contributed by atoms with Gasteiger partial charge in [0, 0.05) is 18.7 Å². The molecular weight excluding hydrogens is 219 g/mol. The lowest BCUT2D eigenvalue weighted by Gasteiger charge is -2.14. The van der Waals surface area contributed by atoms with Crippen molar-refractivity contribution in [3.63, 3.8) is 0 Å². The molecule has 1 aromatic carbocycles. The molecule has 0 aliphatic heterocycles. The maximum Gasteiger partial charge on any atom is 0.140 e. The smallest absolute Gasteiger partial charge is 0.140 e. The molecule has 2 rings (SSSR count). The summed E-state index contributed by atoms with van der Waals surface area (Å²) >= 11 is 0. The zero-order chi connectivity index (χ0) is 12.3. The summed E-state index contributed by atoms with van der Waals surface area (Å²) in [7, 11) is 1.83. The lowest BCUT2D eigenvalue weighted by atomic mass is 10.1. The van der Waals surface area contributed by atoms with E-state index in [1.807, 2.05) is 20.0 Å². The molecule has 0 saturated heterocycles. The molecule has 4 nitrogen and oxygen atoms in total. The maximum atomic E-state index is 13.5. The van der Waals surface area contributed by atoms with Crippen molar-refractivity contribution in [1.29, 1.82) is 0 Å². The minimum Gasteiger partial charge on any atom is -0.303 e. The Morgan fingerprint density at radius 2 is 2.18 bits per heavy atom. The van der Waals surface area contributed by atoms with Crippen molar-refractivity contribution in [1.82, 2.24) is 20.1 Å². The molecule has 1 aromatic heterocycles. The van der Waals surface area contributed by atoms with Gasteiger partial charge in [-0.25, -0.2) is 9.37 Å². The molecule has 0 aliphatic rings. The Morgan fingerprint density at radius 1 is 1.41 bits per heavy atom. The molecule has 5 heteroatoms. The first-order valence-corrected chi connectivity index (χ1v) is 5.49. The van der Waals surface area contributed by atoms with E-state index in [2.05, 4.69) is 15.4 Å². The van der Waals surface area contributed by atoms with Gasteiger partial charge in [-0.2, -0.15) is 5.10 Å². The van der Waals surface area contributed by atoms with Crippen molar-refractivity contribution in [3.05, 3.63) is 47.8 Å². The van der Waals surface area contributed by atoms with E-state index in [1.165, 1.54) is 12.4 Å². The molecule has 0 radical (unpaired) electrons. The summed E-state index contributed by atoms with van der Waals surface area (Å²) < 4.78 is 15.2. The van der Waals surface area contributed by atoms with Gasteiger partial charge in [0.15, 0.2) is 0 Å². The number of aryl methyl sites for hydroxylation is 1. The van der Waals surface area contributed by atoms with Crippen LogP contribution in [0.4, 0.5) is 4.39 Å². The fraction of sp³-hybridized carbons (Fsp3) is 0.333. The third-order valence-electron chi connectivity index (χ3n) is 2.74. The van der Waals surface area contributed by atoms with Gasteiger partial charge in [-0.05, 0) is 13.0 Å². The van der Waals surface area contributed by atoms with Crippen LogP contribution in [0.15, 0.2) is 30.6 Å². The molecule has 0 saturated carbocycles. The predicted octanol–water partition coefficient (Wildman–Crippen LogP) is 1.80. The van der Waals surface area contributed by atoms with Crippen molar-refractivity contribution in [2.75, 3.05) is 0 Å². The van der Waals surface area contributed by atoms with Crippen LogP contribution in [0, 0.1) is 5.82 Å². The van der Waals surface area contributed by atoms with Crippen molar-refractivity contribution < 1.29 is 4.39 Å². The van der Waals surface area contributed by atoms with E-state index in [0.717, 1.165) is 5.82 Å².